The summed E-state index contributed by atoms with van der Waals surface area (Å²) in [6.07, 6.45) is 1.21. The Morgan fingerprint density at radius 2 is 2.33 bits per heavy atom. The van der Waals surface area contributed by atoms with E-state index < -0.39 is 0 Å². The lowest BCUT2D eigenvalue weighted by atomic mass is 10.3. The average molecular weight is 163 g/mol. The van der Waals surface area contributed by atoms with Gasteiger partial charge in [-0.1, -0.05) is 0 Å². The maximum Gasteiger partial charge on any atom is 0.0150 e. The molecule has 0 aromatic rings. The third-order valence-electron chi connectivity index (χ3n) is 1.37. The summed E-state index contributed by atoms with van der Waals surface area (Å²) >= 11 is 4.15. The Bertz CT molecular complexity index is 68.7. The molecule has 0 aromatic carbocycles. The van der Waals surface area contributed by atoms with Crippen LogP contribution in [0.4, 0.5) is 0 Å². The van der Waals surface area contributed by atoms with Gasteiger partial charge in [0.25, 0.3) is 0 Å². The van der Waals surface area contributed by atoms with Gasteiger partial charge in [-0.2, -0.15) is 23.5 Å². The first kappa shape index (κ1) is 7.76. The normalized spacial score (nSPS) is 28.3. The minimum atomic E-state index is 0.855. The Kier molecular flexibility index (Phi) is 3.86. The van der Waals surface area contributed by atoms with Crippen molar-refractivity contribution in [3.05, 3.63) is 0 Å². The molecule has 0 amide bonds. The second-order valence-electron chi connectivity index (χ2n) is 2.15. The van der Waals surface area contributed by atoms with Gasteiger partial charge in [0, 0.05) is 22.5 Å². The second kappa shape index (κ2) is 4.47. The fourth-order valence-electron chi connectivity index (χ4n) is 0.889. The van der Waals surface area contributed by atoms with Crippen molar-refractivity contribution < 1.29 is 0 Å². The van der Waals surface area contributed by atoms with E-state index in [-0.39, 0.29) is 0 Å². The molecule has 9 heavy (non-hydrogen) atoms. The summed E-state index contributed by atoms with van der Waals surface area (Å²) in [6, 6.07) is 0. The zero-order chi connectivity index (χ0) is 6.53. The highest BCUT2D eigenvalue weighted by Crippen LogP contribution is 2.25. The van der Waals surface area contributed by atoms with E-state index in [0.717, 1.165) is 11.8 Å². The van der Waals surface area contributed by atoms with Gasteiger partial charge in [-0.25, -0.2) is 0 Å². The third kappa shape index (κ3) is 2.83. The number of rotatable bonds is 2. The van der Waals surface area contributed by atoms with Gasteiger partial charge in [0.2, 0.25) is 0 Å². The predicted octanol–water partition coefficient (Wildman–Crippen LogP) is 1.18. The molecule has 0 radical (unpaired) electrons. The molecule has 0 aliphatic carbocycles. The maximum atomic E-state index is 5.44. The lowest BCUT2D eigenvalue weighted by molar-refractivity contribution is 0.828. The van der Waals surface area contributed by atoms with E-state index in [2.05, 4.69) is 23.5 Å². The quantitative estimate of drug-likeness (QED) is 0.662. The summed E-state index contributed by atoms with van der Waals surface area (Å²) < 4.78 is 0. The predicted molar refractivity (Wildman–Crippen MR) is 47.2 cm³/mol. The summed E-state index contributed by atoms with van der Waals surface area (Å²) in [7, 11) is 0. The number of nitrogens with two attached hydrogens (primary N) is 1. The van der Waals surface area contributed by atoms with Crippen LogP contribution in [0.1, 0.15) is 6.42 Å². The Morgan fingerprint density at radius 3 is 2.89 bits per heavy atom. The van der Waals surface area contributed by atoms with Crippen LogP contribution in [-0.2, 0) is 0 Å². The van der Waals surface area contributed by atoms with Crippen molar-refractivity contribution in [1.29, 1.82) is 0 Å². The first-order chi connectivity index (χ1) is 4.43. The molecule has 0 bridgehead atoms. The zero-order valence-corrected chi connectivity index (χ0v) is 7.14. The molecular weight excluding hydrogens is 150 g/mol. The van der Waals surface area contributed by atoms with E-state index in [1.54, 1.807) is 0 Å². The van der Waals surface area contributed by atoms with Gasteiger partial charge < -0.3 is 5.73 Å². The van der Waals surface area contributed by atoms with E-state index in [1.165, 1.54) is 23.7 Å². The van der Waals surface area contributed by atoms with Crippen molar-refractivity contribution in [3.8, 4) is 0 Å². The Labute approximate surface area is 65.1 Å². The molecule has 1 heterocycles. The van der Waals surface area contributed by atoms with Crippen LogP contribution in [0.3, 0.4) is 0 Å². The first-order valence-electron chi connectivity index (χ1n) is 3.33. The van der Waals surface area contributed by atoms with Crippen molar-refractivity contribution in [1.82, 2.24) is 0 Å². The Hall–Kier alpha value is 0.660. The van der Waals surface area contributed by atoms with Crippen LogP contribution in [0, 0.1) is 0 Å². The zero-order valence-electron chi connectivity index (χ0n) is 5.51. The van der Waals surface area contributed by atoms with Crippen LogP contribution in [0.2, 0.25) is 0 Å². The molecule has 1 aliphatic heterocycles. The monoisotopic (exact) mass is 163 g/mol. The SMILES string of the molecule is NCCC1CSCCS1. The summed E-state index contributed by atoms with van der Waals surface area (Å²) in [5, 5.41) is 0.855. The lowest BCUT2D eigenvalue weighted by Crippen LogP contribution is -2.17. The van der Waals surface area contributed by atoms with Gasteiger partial charge in [-0.05, 0) is 13.0 Å². The molecule has 0 aromatic heterocycles. The van der Waals surface area contributed by atoms with Crippen molar-refractivity contribution >= 4 is 23.5 Å². The van der Waals surface area contributed by atoms with Gasteiger partial charge in [-0.3, -0.25) is 0 Å². The number of hydrogen-bond donors (Lipinski definition) is 1. The Balaban J connectivity index is 2.08. The maximum absolute atomic E-state index is 5.44. The van der Waals surface area contributed by atoms with E-state index >= 15 is 0 Å². The van der Waals surface area contributed by atoms with E-state index in [4.69, 9.17) is 5.73 Å². The van der Waals surface area contributed by atoms with Crippen LogP contribution in [0.15, 0.2) is 0 Å². The molecule has 1 saturated heterocycles. The fourth-order valence-corrected chi connectivity index (χ4v) is 3.65. The molecule has 0 saturated carbocycles. The second-order valence-corrected chi connectivity index (χ2v) is 4.70. The highest BCUT2D eigenvalue weighted by molar-refractivity contribution is 8.06. The van der Waals surface area contributed by atoms with Gasteiger partial charge in [0.05, 0.1) is 0 Å². The number of hydrogen-bond acceptors (Lipinski definition) is 3. The standard InChI is InChI=1S/C6H13NS2/c7-2-1-6-5-8-3-4-9-6/h6H,1-5,7H2. The van der Waals surface area contributed by atoms with Crippen molar-refractivity contribution in [2.45, 2.75) is 11.7 Å². The van der Waals surface area contributed by atoms with Crippen molar-refractivity contribution in [2.24, 2.45) is 5.73 Å². The molecule has 1 aliphatic rings. The minimum Gasteiger partial charge on any atom is -0.330 e. The molecule has 1 fully saturated rings. The van der Waals surface area contributed by atoms with Gasteiger partial charge in [-0.15, -0.1) is 0 Å². The molecular formula is C6H13NS2. The number of thioether (sulfide) groups is 2. The van der Waals surface area contributed by atoms with Crippen molar-refractivity contribution in [3.63, 3.8) is 0 Å². The Morgan fingerprint density at radius 1 is 1.44 bits per heavy atom. The molecule has 1 atom stereocenters. The van der Waals surface area contributed by atoms with Crippen LogP contribution in [-0.4, -0.2) is 29.1 Å². The van der Waals surface area contributed by atoms with E-state index in [1.807, 2.05) is 0 Å². The lowest BCUT2D eigenvalue weighted by Gasteiger charge is -2.19. The highest BCUT2D eigenvalue weighted by atomic mass is 32.2. The molecule has 3 heteroatoms. The van der Waals surface area contributed by atoms with Gasteiger partial charge in [0.15, 0.2) is 0 Å². The minimum absolute atomic E-state index is 0.855. The molecule has 2 N–H and O–H groups in total. The average Bonchev–Trinajstić information content (AvgIpc) is 1.91. The topological polar surface area (TPSA) is 26.0 Å². The fraction of sp³-hybridized carbons (Fsp3) is 1.00. The molecule has 0 spiro atoms. The first-order valence-corrected chi connectivity index (χ1v) is 5.53. The summed E-state index contributed by atoms with van der Waals surface area (Å²) in [5.41, 5.74) is 5.44. The van der Waals surface area contributed by atoms with E-state index in [9.17, 15) is 0 Å². The smallest absolute Gasteiger partial charge is 0.0150 e. The van der Waals surface area contributed by atoms with Gasteiger partial charge >= 0.3 is 0 Å². The van der Waals surface area contributed by atoms with Crippen LogP contribution in [0.25, 0.3) is 0 Å². The molecule has 54 valence electrons. The molecule has 1 rings (SSSR count). The summed E-state index contributed by atoms with van der Waals surface area (Å²) in [5.74, 6) is 3.99. The van der Waals surface area contributed by atoms with Crippen LogP contribution < -0.4 is 5.73 Å². The van der Waals surface area contributed by atoms with E-state index in [0.29, 0.717) is 0 Å². The third-order valence-corrected chi connectivity index (χ3v) is 4.29. The van der Waals surface area contributed by atoms with Crippen LogP contribution in [0.5, 0.6) is 0 Å². The van der Waals surface area contributed by atoms with Crippen molar-refractivity contribution in [2.75, 3.05) is 23.8 Å². The highest BCUT2D eigenvalue weighted by Gasteiger charge is 2.12. The van der Waals surface area contributed by atoms with Crippen LogP contribution >= 0.6 is 23.5 Å². The molecule has 1 nitrogen and oxygen atoms in total. The molecule has 1 unspecified atom stereocenters. The largest absolute Gasteiger partial charge is 0.330 e. The van der Waals surface area contributed by atoms with Gasteiger partial charge in [0.1, 0.15) is 0 Å². The summed E-state index contributed by atoms with van der Waals surface area (Å²) in [4.78, 5) is 0. The summed E-state index contributed by atoms with van der Waals surface area (Å²) in [6.45, 7) is 0.859.